The van der Waals surface area contributed by atoms with Gasteiger partial charge in [0.25, 0.3) is 0 Å². The van der Waals surface area contributed by atoms with Gasteiger partial charge in [0.2, 0.25) is 0 Å². The lowest BCUT2D eigenvalue weighted by molar-refractivity contribution is -0.0137. The van der Waals surface area contributed by atoms with Gasteiger partial charge in [0.15, 0.2) is 5.11 Å². The third-order valence-corrected chi connectivity index (χ3v) is 3.71. The number of aliphatic hydroxyl groups excluding tert-OH is 5. The van der Waals surface area contributed by atoms with Gasteiger partial charge in [-0.25, -0.2) is 0 Å². The van der Waals surface area contributed by atoms with Crippen molar-refractivity contribution in [2.75, 3.05) is 26.2 Å². The first-order valence-corrected chi connectivity index (χ1v) is 8.34. The summed E-state index contributed by atoms with van der Waals surface area (Å²) in [6.07, 6.45) is -3.04. The van der Waals surface area contributed by atoms with E-state index in [0.717, 1.165) is 0 Å². The SMILES string of the molecule is CCNC(=S)NC(CNCC(O)C(O)CO)C(O)CC(O)CC. The van der Waals surface area contributed by atoms with Crippen molar-refractivity contribution in [1.82, 2.24) is 16.0 Å². The number of rotatable bonds is 12. The maximum Gasteiger partial charge on any atom is 0.166 e. The van der Waals surface area contributed by atoms with Gasteiger partial charge in [-0.2, -0.15) is 0 Å². The van der Waals surface area contributed by atoms with E-state index in [1.165, 1.54) is 0 Å². The van der Waals surface area contributed by atoms with Crippen LogP contribution in [0.2, 0.25) is 0 Å². The van der Waals surface area contributed by atoms with Crippen molar-refractivity contribution < 1.29 is 25.5 Å². The number of aliphatic hydroxyl groups is 5. The second-order valence-corrected chi connectivity index (χ2v) is 5.86. The normalized spacial score (nSPS) is 17.9. The van der Waals surface area contributed by atoms with Crippen molar-refractivity contribution in [1.29, 1.82) is 0 Å². The lowest BCUT2D eigenvalue weighted by Gasteiger charge is -2.28. The second-order valence-electron chi connectivity index (χ2n) is 5.45. The summed E-state index contributed by atoms with van der Waals surface area (Å²) in [7, 11) is 0. The minimum absolute atomic E-state index is 0.0525. The largest absolute Gasteiger partial charge is 0.394 e. The fourth-order valence-electron chi connectivity index (χ4n) is 1.92. The van der Waals surface area contributed by atoms with Gasteiger partial charge in [0.1, 0.15) is 6.10 Å². The van der Waals surface area contributed by atoms with E-state index >= 15 is 0 Å². The van der Waals surface area contributed by atoms with Crippen LogP contribution in [-0.4, -0.2) is 87.3 Å². The molecule has 0 aliphatic heterocycles. The maximum absolute atomic E-state index is 10.2. The van der Waals surface area contributed by atoms with E-state index in [-0.39, 0.29) is 19.5 Å². The Hall–Kier alpha value is -0.550. The first-order chi connectivity index (χ1) is 10.8. The van der Waals surface area contributed by atoms with E-state index in [4.69, 9.17) is 17.3 Å². The third kappa shape index (κ3) is 10.0. The number of thiocarbonyl (C=S) groups is 1. The van der Waals surface area contributed by atoms with Crippen molar-refractivity contribution in [2.45, 2.75) is 57.1 Å². The van der Waals surface area contributed by atoms with E-state index in [1.807, 2.05) is 13.8 Å². The summed E-state index contributed by atoms with van der Waals surface area (Å²) >= 11 is 5.11. The summed E-state index contributed by atoms with van der Waals surface area (Å²) in [4.78, 5) is 0. The molecule has 23 heavy (non-hydrogen) atoms. The van der Waals surface area contributed by atoms with Crippen molar-refractivity contribution in [3.63, 3.8) is 0 Å². The van der Waals surface area contributed by atoms with Crippen molar-refractivity contribution >= 4 is 17.3 Å². The van der Waals surface area contributed by atoms with Crippen molar-refractivity contribution in [2.24, 2.45) is 0 Å². The minimum Gasteiger partial charge on any atom is -0.394 e. The lowest BCUT2D eigenvalue weighted by Crippen LogP contribution is -2.54. The standard InChI is InChI=1S/C14H31N3O5S/c1-3-9(19)5-11(20)10(17-14(23)16-4-2)6-15-7-12(21)13(22)8-18/h9-13,15,18-22H,3-8H2,1-2H3,(H2,16,17,23). The Morgan fingerprint density at radius 2 is 1.65 bits per heavy atom. The lowest BCUT2D eigenvalue weighted by atomic mass is 10.0. The topological polar surface area (TPSA) is 137 Å². The average Bonchev–Trinajstić information content (AvgIpc) is 2.52. The zero-order chi connectivity index (χ0) is 17.8. The van der Waals surface area contributed by atoms with Crippen LogP contribution in [0.15, 0.2) is 0 Å². The summed E-state index contributed by atoms with van der Waals surface area (Å²) in [6.45, 7) is 4.15. The van der Waals surface area contributed by atoms with Crippen molar-refractivity contribution in [3.05, 3.63) is 0 Å². The molecule has 5 atom stereocenters. The molecule has 0 rings (SSSR count). The van der Waals surface area contributed by atoms with Gasteiger partial charge in [-0.1, -0.05) is 6.92 Å². The molecule has 0 aromatic rings. The Morgan fingerprint density at radius 1 is 1.00 bits per heavy atom. The van der Waals surface area contributed by atoms with Crippen LogP contribution in [0.25, 0.3) is 0 Å². The first-order valence-electron chi connectivity index (χ1n) is 7.93. The summed E-state index contributed by atoms with van der Waals surface area (Å²) in [5, 5.41) is 56.8. The summed E-state index contributed by atoms with van der Waals surface area (Å²) in [5.41, 5.74) is 0. The number of hydrogen-bond acceptors (Lipinski definition) is 7. The molecule has 8 N–H and O–H groups in total. The Bertz CT molecular complexity index is 325. The van der Waals surface area contributed by atoms with E-state index in [0.29, 0.717) is 18.1 Å². The molecular weight excluding hydrogens is 322 g/mol. The molecule has 9 heteroatoms. The molecule has 8 nitrogen and oxygen atoms in total. The van der Waals surface area contributed by atoms with Gasteiger partial charge in [0, 0.05) is 26.1 Å². The second kappa shape index (κ2) is 12.8. The molecule has 5 unspecified atom stereocenters. The molecule has 0 saturated carbocycles. The molecule has 0 heterocycles. The molecule has 0 aromatic heterocycles. The third-order valence-electron chi connectivity index (χ3n) is 3.45. The molecule has 0 aliphatic rings. The average molecular weight is 353 g/mol. The maximum atomic E-state index is 10.2. The predicted octanol–water partition coefficient (Wildman–Crippen LogP) is -2.34. The van der Waals surface area contributed by atoms with Crippen molar-refractivity contribution in [3.8, 4) is 0 Å². The fourth-order valence-corrected chi connectivity index (χ4v) is 2.21. The highest BCUT2D eigenvalue weighted by Crippen LogP contribution is 2.06. The Labute approximate surface area is 142 Å². The van der Waals surface area contributed by atoms with Crippen LogP contribution < -0.4 is 16.0 Å². The minimum atomic E-state index is -1.22. The Morgan fingerprint density at radius 3 is 2.17 bits per heavy atom. The highest BCUT2D eigenvalue weighted by molar-refractivity contribution is 7.80. The number of hydrogen-bond donors (Lipinski definition) is 8. The molecule has 0 bridgehead atoms. The van der Waals surface area contributed by atoms with Gasteiger partial charge in [-0.3, -0.25) is 0 Å². The highest BCUT2D eigenvalue weighted by atomic mass is 32.1. The molecule has 0 aliphatic carbocycles. The van der Waals surface area contributed by atoms with Gasteiger partial charge in [0.05, 0.1) is 31.0 Å². The quantitative estimate of drug-likeness (QED) is 0.182. The van der Waals surface area contributed by atoms with Crippen LogP contribution in [0.1, 0.15) is 26.7 Å². The molecule has 0 radical (unpaired) electrons. The van der Waals surface area contributed by atoms with Crippen LogP contribution in [0.4, 0.5) is 0 Å². The molecule has 0 fully saturated rings. The first kappa shape index (κ1) is 22.4. The molecular formula is C14H31N3O5S. The van der Waals surface area contributed by atoms with Crippen LogP contribution in [-0.2, 0) is 0 Å². The monoisotopic (exact) mass is 353 g/mol. The van der Waals surface area contributed by atoms with E-state index < -0.39 is 37.1 Å². The summed E-state index contributed by atoms with van der Waals surface area (Å²) in [6, 6.07) is -0.471. The summed E-state index contributed by atoms with van der Waals surface area (Å²) < 4.78 is 0. The van der Waals surface area contributed by atoms with Gasteiger partial charge in [-0.05, 0) is 25.6 Å². The van der Waals surface area contributed by atoms with Gasteiger partial charge >= 0.3 is 0 Å². The fraction of sp³-hybridized carbons (Fsp3) is 0.929. The van der Waals surface area contributed by atoms with E-state index in [2.05, 4.69) is 16.0 Å². The van der Waals surface area contributed by atoms with Crippen LogP contribution in [0.5, 0.6) is 0 Å². The Kier molecular flexibility index (Phi) is 12.5. The number of nitrogens with one attached hydrogen (secondary N) is 3. The van der Waals surface area contributed by atoms with E-state index in [1.54, 1.807) is 0 Å². The molecule has 0 aromatic carbocycles. The van der Waals surface area contributed by atoms with E-state index in [9.17, 15) is 20.4 Å². The van der Waals surface area contributed by atoms with Crippen LogP contribution in [0, 0.1) is 0 Å². The van der Waals surface area contributed by atoms with Gasteiger partial charge < -0.3 is 41.5 Å². The smallest absolute Gasteiger partial charge is 0.166 e. The zero-order valence-corrected chi connectivity index (χ0v) is 14.6. The van der Waals surface area contributed by atoms with Crippen LogP contribution in [0.3, 0.4) is 0 Å². The molecule has 0 amide bonds. The summed E-state index contributed by atoms with van der Waals surface area (Å²) in [5.74, 6) is 0. The highest BCUT2D eigenvalue weighted by Gasteiger charge is 2.23. The molecule has 0 saturated heterocycles. The van der Waals surface area contributed by atoms with Crippen LogP contribution >= 0.6 is 12.2 Å². The zero-order valence-electron chi connectivity index (χ0n) is 13.8. The van der Waals surface area contributed by atoms with Gasteiger partial charge in [-0.15, -0.1) is 0 Å². The Balaban J connectivity index is 4.49. The molecule has 138 valence electrons. The predicted molar refractivity (Wildman–Crippen MR) is 92.1 cm³/mol. The molecule has 0 spiro atoms.